The number of hydrogen-bond acceptors (Lipinski definition) is 3. The Morgan fingerprint density at radius 3 is 2.50 bits per heavy atom. The van der Waals surface area contributed by atoms with E-state index in [0.717, 1.165) is 18.9 Å². The molecule has 98 valence electrons. The molecule has 0 N–H and O–H groups in total. The molecule has 0 amide bonds. The fourth-order valence-corrected chi connectivity index (χ4v) is 2.91. The number of anilines is 1. The lowest BCUT2D eigenvalue weighted by Crippen LogP contribution is -2.45. The molecule has 1 aromatic heterocycles. The van der Waals surface area contributed by atoms with E-state index in [1.165, 1.54) is 25.0 Å². The second-order valence-corrected chi connectivity index (χ2v) is 5.71. The van der Waals surface area contributed by atoms with Crippen LogP contribution in [0.4, 0.5) is 5.82 Å². The summed E-state index contributed by atoms with van der Waals surface area (Å²) in [5.41, 5.74) is 1.28. The van der Waals surface area contributed by atoms with E-state index in [-0.39, 0.29) is 0 Å². The van der Waals surface area contributed by atoms with Gasteiger partial charge in [0.05, 0.1) is 12.2 Å². The van der Waals surface area contributed by atoms with E-state index in [1.54, 1.807) is 0 Å². The van der Waals surface area contributed by atoms with Crippen LogP contribution in [-0.2, 0) is 4.74 Å². The fourth-order valence-electron chi connectivity index (χ4n) is 2.91. The average Bonchev–Trinajstić information content (AvgIpc) is 2.26. The number of aromatic nitrogens is 1. The van der Waals surface area contributed by atoms with Crippen LogP contribution in [0.5, 0.6) is 0 Å². The summed E-state index contributed by atoms with van der Waals surface area (Å²) in [5, 5.41) is 0. The first kappa shape index (κ1) is 12.0. The van der Waals surface area contributed by atoms with E-state index in [9.17, 15) is 0 Å². The monoisotopic (exact) mass is 246 g/mol. The summed E-state index contributed by atoms with van der Waals surface area (Å²) in [6.07, 6.45) is 4.58. The summed E-state index contributed by atoms with van der Waals surface area (Å²) in [5.74, 6) is 1.84. The number of nitrogens with zero attached hydrogens (tertiary/aromatic N) is 2. The molecule has 0 spiro atoms. The van der Waals surface area contributed by atoms with Gasteiger partial charge in [0.1, 0.15) is 5.82 Å². The highest BCUT2D eigenvalue weighted by Gasteiger charge is 2.25. The molecule has 18 heavy (non-hydrogen) atoms. The van der Waals surface area contributed by atoms with E-state index in [2.05, 4.69) is 36.9 Å². The number of ether oxygens (including phenoxy) is 1. The maximum atomic E-state index is 5.78. The standard InChI is InChI=1S/C15H22N2O/c1-11-9-17(10-12(2)18-11)15-8-4-7-14(16-15)13-5-3-6-13/h4,7-8,11-13H,3,5-6,9-10H2,1-2H3. The molecule has 2 unspecified atom stereocenters. The van der Waals surface area contributed by atoms with E-state index in [1.807, 2.05) is 0 Å². The summed E-state index contributed by atoms with van der Waals surface area (Å²) >= 11 is 0. The Kier molecular flexibility index (Phi) is 3.25. The predicted molar refractivity (Wildman–Crippen MR) is 73.1 cm³/mol. The molecule has 3 heteroatoms. The van der Waals surface area contributed by atoms with E-state index >= 15 is 0 Å². The zero-order valence-electron chi connectivity index (χ0n) is 11.3. The fraction of sp³-hybridized carbons (Fsp3) is 0.667. The third-order valence-corrected chi connectivity index (χ3v) is 4.02. The number of hydrogen-bond donors (Lipinski definition) is 0. The Labute approximate surface area is 109 Å². The lowest BCUT2D eigenvalue weighted by molar-refractivity contribution is -0.00547. The van der Waals surface area contributed by atoms with E-state index < -0.39 is 0 Å². The van der Waals surface area contributed by atoms with Crippen LogP contribution in [0.15, 0.2) is 18.2 Å². The molecular weight excluding hydrogens is 224 g/mol. The topological polar surface area (TPSA) is 25.4 Å². The first-order valence-electron chi connectivity index (χ1n) is 7.10. The number of pyridine rings is 1. The Morgan fingerprint density at radius 2 is 1.89 bits per heavy atom. The zero-order chi connectivity index (χ0) is 12.5. The molecule has 1 aliphatic heterocycles. The van der Waals surface area contributed by atoms with Crippen LogP contribution in [0, 0.1) is 0 Å². The predicted octanol–water partition coefficient (Wildman–Crippen LogP) is 2.96. The van der Waals surface area contributed by atoms with E-state index in [4.69, 9.17) is 9.72 Å². The summed E-state index contributed by atoms with van der Waals surface area (Å²) in [6, 6.07) is 6.47. The van der Waals surface area contributed by atoms with Gasteiger partial charge in [-0.3, -0.25) is 0 Å². The van der Waals surface area contributed by atoms with Crippen molar-refractivity contribution in [2.45, 2.75) is 51.2 Å². The van der Waals surface area contributed by atoms with Gasteiger partial charge in [-0.1, -0.05) is 12.5 Å². The third kappa shape index (κ3) is 2.37. The molecule has 0 bridgehead atoms. The highest BCUT2D eigenvalue weighted by molar-refractivity contribution is 5.41. The van der Waals surface area contributed by atoms with Crippen LogP contribution >= 0.6 is 0 Å². The van der Waals surface area contributed by atoms with Crippen molar-refractivity contribution in [2.75, 3.05) is 18.0 Å². The second kappa shape index (κ2) is 4.88. The van der Waals surface area contributed by atoms with Crippen LogP contribution in [0.25, 0.3) is 0 Å². The summed E-state index contributed by atoms with van der Waals surface area (Å²) in [6.45, 7) is 6.17. The van der Waals surface area contributed by atoms with Crippen molar-refractivity contribution in [3.05, 3.63) is 23.9 Å². The van der Waals surface area contributed by atoms with Crippen molar-refractivity contribution in [3.63, 3.8) is 0 Å². The van der Waals surface area contributed by atoms with Gasteiger partial charge in [0.2, 0.25) is 0 Å². The molecule has 2 atom stereocenters. The molecule has 3 rings (SSSR count). The Balaban J connectivity index is 1.78. The molecule has 1 saturated heterocycles. The Hall–Kier alpha value is -1.09. The molecule has 2 heterocycles. The van der Waals surface area contributed by atoms with Gasteiger partial charge in [0.15, 0.2) is 0 Å². The van der Waals surface area contributed by atoms with Gasteiger partial charge < -0.3 is 9.64 Å². The second-order valence-electron chi connectivity index (χ2n) is 5.71. The van der Waals surface area contributed by atoms with Crippen molar-refractivity contribution in [3.8, 4) is 0 Å². The van der Waals surface area contributed by atoms with Gasteiger partial charge in [-0.05, 0) is 38.8 Å². The number of morpholine rings is 1. The van der Waals surface area contributed by atoms with Crippen molar-refractivity contribution >= 4 is 5.82 Å². The van der Waals surface area contributed by atoms with Gasteiger partial charge in [0, 0.05) is 24.7 Å². The first-order valence-corrected chi connectivity index (χ1v) is 7.10. The first-order chi connectivity index (χ1) is 8.72. The summed E-state index contributed by atoms with van der Waals surface area (Å²) in [4.78, 5) is 7.22. The lowest BCUT2D eigenvalue weighted by Gasteiger charge is -2.36. The van der Waals surface area contributed by atoms with Gasteiger partial charge in [-0.15, -0.1) is 0 Å². The van der Waals surface area contributed by atoms with Crippen molar-refractivity contribution in [1.82, 2.24) is 4.98 Å². The lowest BCUT2D eigenvalue weighted by atomic mass is 9.83. The minimum absolute atomic E-state index is 0.294. The largest absolute Gasteiger partial charge is 0.372 e. The minimum atomic E-state index is 0.294. The smallest absolute Gasteiger partial charge is 0.128 e. The average molecular weight is 246 g/mol. The van der Waals surface area contributed by atoms with E-state index in [0.29, 0.717) is 18.1 Å². The van der Waals surface area contributed by atoms with Crippen LogP contribution in [0.1, 0.15) is 44.7 Å². The quantitative estimate of drug-likeness (QED) is 0.802. The van der Waals surface area contributed by atoms with Gasteiger partial charge in [-0.2, -0.15) is 0 Å². The molecule has 0 aromatic carbocycles. The van der Waals surface area contributed by atoms with Gasteiger partial charge in [0.25, 0.3) is 0 Å². The molecule has 1 saturated carbocycles. The maximum Gasteiger partial charge on any atom is 0.128 e. The highest BCUT2D eigenvalue weighted by Crippen LogP contribution is 2.35. The summed E-state index contributed by atoms with van der Waals surface area (Å²) in [7, 11) is 0. The molecule has 2 aliphatic rings. The Bertz CT molecular complexity index is 407. The minimum Gasteiger partial charge on any atom is -0.372 e. The molecule has 1 aliphatic carbocycles. The molecule has 3 nitrogen and oxygen atoms in total. The molecule has 2 fully saturated rings. The normalized spacial score (nSPS) is 29.1. The molecule has 0 radical (unpaired) electrons. The Morgan fingerprint density at radius 1 is 1.17 bits per heavy atom. The number of rotatable bonds is 2. The highest BCUT2D eigenvalue weighted by atomic mass is 16.5. The molecular formula is C15H22N2O. The van der Waals surface area contributed by atoms with Gasteiger partial charge in [-0.25, -0.2) is 4.98 Å². The summed E-state index contributed by atoms with van der Waals surface area (Å²) < 4.78 is 5.78. The zero-order valence-corrected chi connectivity index (χ0v) is 11.3. The van der Waals surface area contributed by atoms with Crippen molar-refractivity contribution in [1.29, 1.82) is 0 Å². The molecule has 1 aromatic rings. The van der Waals surface area contributed by atoms with Crippen LogP contribution in [0.3, 0.4) is 0 Å². The van der Waals surface area contributed by atoms with Crippen LogP contribution < -0.4 is 4.90 Å². The third-order valence-electron chi connectivity index (χ3n) is 4.02. The van der Waals surface area contributed by atoms with Crippen molar-refractivity contribution < 1.29 is 4.74 Å². The van der Waals surface area contributed by atoms with Crippen LogP contribution in [0.2, 0.25) is 0 Å². The van der Waals surface area contributed by atoms with Gasteiger partial charge >= 0.3 is 0 Å². The van der Waals surface area contributed by atoms with Crippen LogP contribution in [-0.4, -0.2) is 30.3 Å². The van der Waals surface area contributed by atoms with Crippen molar-refractivity contribution in [2.24, 2.45) is 0 Å². The maximum absolute atomic E-state index is 5.78. The SMILES string of the molecule is CC1CN(c2cccc(C3CCC3)n2)CC(C)O1.